The van der Waals surface area contributed by atoms with Gasteiger partial charge in [-0.1, -0.05) is 89.7 Å². The van der Waals surface area contributed by atoms with Gasteiger partial charge in [-0.05, 0) is 36.4 Å². The first-order valence-electron chi connectivity index (χ1n) is 6.85. The maximum Gasteiger partial charge on any atom is 0.138 e. The number of phenols is 1. The van der Waals surface area contributed by atoms with E-state index in [4.69, 9.17) is 33.0 Å². The third kappa shape index (κ3) is 11.7. The fourth-order valence-electron chi connectivity index (χ4n) is 1.22. The maximum atomic E-state index is 8.89. The molecule has 0 fully saturated rings. The Hall–Kier alpha value is -0.460. The molecule has 2 aromatic rings. The van der Waals surface area contributed by atoms with Crippen molar-refractivity contribution in [2.75, 3.05) is 11.9 Å². The minimum Gasteiger partial charge on any atom is -0.506 e. The van der Waals surface area contributed by atoms with Crippen molar-refractivity contribution in [3.8, 4) is 11.5 Å². The van der Waals surface area contributed by atoms with Gasteiger partial charge >= 0.3 is 0 Å². The van der Waals surface area contributed by atoms with Gasteiger partial charge in [-0.2, -0.15) is 0 Å². The largest absolute Gasteiger partial charge is 0.506 e. The minimum absolute atomic E-state index is 0.111. The lowest BCUT2D eigenvalue weighted by Gasteiger charge is -2.04. The van der Waals surface area contributed by atoms with E-state index in [1.54, 1.807) is 30.4 Å². The van der Waals surface area contributed by atoms with E-state index in [1.807, 2.05) is 12.1 Å². The summed E-state index contributed by atoms with van der Waals surface area (Å²) in [7, 11) is 0. The van der Waals surface area contributed by atoms with Crippen LogP contribution >= 0.6 is 71.0 Å². The van der Waals surface area contributed by atoms with Crippen molar-refractivity contribution < 1.29 is 9.84 Å². The van der Waals surface area contributed by atoms with Gasteiger partial charge in [0.2, 0.25) is 0 Å². The Balaban J connectivity index is 0.000000391. The van der Waals surface area contributed by atoms with E-state index in [0.717, 1.165) is 14.3 Å². The molecule has 0 atom stereocenters. The average molecular weight is 576 g/mol. The summed E-state index contributed by atoms with van der Waals surface area (Å²) in [6.45, 7) is 7.45. The predicted octanol–water partition coefficient (Wildman–Crippen LogP) is 8.04. The van der Waals surface area contributed by atoms with Crippen LogP contribution in [0.2, 0.25) is 10.0 Å². The molecule has 0 aromatic heterocycles. The van der Waals surface area contributed by atoms with Crippen molar-refractivity contribution in [2.45, 2.75) is 0 Å². The molecule has 0 radical (unpaired) electrons. The molecule has 7 heteroatoms. The average Bonchev–Trinajstić information content (AvgIpc) is 2.58. The van der Waals surface area contributed by atoms with E-state index in [-0.39, 0.29) is 5.75 Å². The molecule has 0 bridgehead atoms. The van der Waals surface area contributed by atoms with Crippen LogP contribution in [0.1, 0.15) is 0 Å². The molecule has 136 valence electrons. The zero-order valence-electron chi connectivity index (χ0n) is 13.2. The third-order valence-corrected chi connectivity index (χ3v) is 4.31. The second-order valence-corrected chi connectivity index (χ2v) is 7.51. The fraction of sp³-hybridized carbons (Fsp3) is 0.111. The molecule has 1 N–H and O–H groups in total. The molecule has 0 aliphatic carbocycles. The monoisotopic (exact) mass is 572 g/mol. The number of hydrogen-bond acceptors (Lipinski definition) is 2. The van der Waals surface area contributed by atoms with Crippen LogP contribution in [0.3, 0.4) is 0 Å². The summed E-state index contributed by atoms with van der Waals surface area (Å²) >= 11 is 21.0. The van der Waals surface area contributed by atoms with Gasteiger partial charge in [0.1, 0.15) is 18.1 Å². The Morgan fingerprint density at radius 1 is 0.960 bits per heavy atom. The number of aromatic hydroxyl groups is 1. The second-order valence-electron chi connectivity index (χ2n) is 4.21. The van der Waals surface area contributed by atoms with E-state index in [1.165, 1.54) is 6.07 Å². The summed E-state index contributed by atoms with van der Waals surface area (Å²) in [6, 6.07) is 10.4. The minimum atomic E-state index is 0.111. The second kappa shape index (κ2) is 14.7. The molecule has 2 rings (SSSR count). The Morgan fingerprint density at radius 2 is 1.48 bits per heavy atom. The SMILES string of the molecule is C=CCBr.C=CCOc1ccc(Br)cc1Cl.Oc1ccc(Br)cc1Cl. The van der Waals surface area contributed by atoms with Crippen LogP contribution in [0, 0.1) is 0 Å². The highest BCUT2D eigenvalue weighted by atomic mass is 79.9. The normalized spacial score (nSPS) is 9.00. The van der Waals surface area contributed by atoms with Crippen molar-refractivity contribution in [1.82, 2.24) is 0 Å². The smallest absolute Gasteiger partial charge is 0.138 e. The molecule has 0 aliphatic heterocycles. The first-order chi connectivity index (χ1) is 11.8. The van der Waals surface area contributed by atoms with Crippen LogP contribution < -0.4 is 4.74 Å². The van der Waals surface area contributed by atoms with Crippen LogP contribution in [-0.4, -0.2) is 17.0 Å². The van der Waals surface area contributed by atoms with Crippen LogP contribution in [0.15, 0.2) is 70.7 Å². The number of rotatable bonds is 4. The third-order valence-electron chi connectivity index (χ3n) is 2.27. The van der Waals surface area contributed by atoms with Gasteiger partial charge in [0.15, 0.2) is 0 Å². The summed E-state index contributed by atoms with van der Waals surface area (Å²) in [5.74, 6) is 0.791. The molecule has 0 saturated carbocycles. The summed E-state index contributed by atoms with van der Waals surface area (Å²) in [4.78, 5) is 0. The Morgan fingerprint density at radius 3 is 1.88 bits per heavy atom. The number of halogens is 5. The molecule has 0 saturated heterocycles. The van der Waals surface area contributed by atoms with Gasteiger partial charge in [-0.3, -0.25) is 0 Å². The first-order valence-corrected chi connectivity index (χ1v) is 10.3. The number of benzene rings is 2. The Bertz CT molecular complexity index is 679. The van der Waals surface area contributed by atoms with E-state index < -0.39 is 0 Å². The standard InChI is InChI=1S/C9H8BrClO.C6H4BrClO.C3H5Br/c1-2-5-12-9-4-3-7(10)6-8(9)11;7-4-1-2-6(9)5(8)3-4;1-2-3-4/h2-4,6H,1,5H2;1-3,9H;2H,1,3H2. The molecular weight excluding hydrogens is 559 g/mol. The molecule has 0 heterocycles. The van der Waals surface area contributed by atoms with E-state index >= 15 is 0 Å². The van der Waals surface area contributed by atoms with Crippen molar-refractivity contribution in [1.29, 1.82) is 0 Å². The van der Waals surface area contributed by atoms with Crippen molar-refractivity contribution in [2.24, 2.45) is 0 Å². The lowest BCUT2D eigenvalue weighted by atomic mass is 10.3. The van der Waals surface area contributed by atoms with Crippen LogP contribution in [0.4, 0.5) is 0 Å². The number of alkyl halides is 1. The van der Waals surface area contributed by atoms with Gasteiger partial charge < -0.3 is 9.84 Å². The van der Waals surface area contributed by atoms with E-state index in [2.05, 4.69) is 60.9 Å². The summed E-state index contributed by atoms with van der Waals surface area (Å²) < 4.78 is 7.08. The van der Waals surface area contributed by atoms with Gasteiger partial charge in [0, 0.05) is 14.3 Å². The highest BCUT2D eigenvalue weighted by Crippen LogP contribution is 2.27. The highest BCUT2D eigenvalue weighted by Gasteiger charge is 1.99. The number of phenolic OH excluding ortho intramolecular Hbond substituents is 1. The lowest BCUT2D eigenvalue weighted by molar-refractivity contribution is 0.363. The zero-order chi connectivity index (χ0) is 19.2. The van der Waals surface area contributed by atoms with Crippen LogP contribution in [-0.2, 0) is 0 Å². The first kappa shape index (κ1) is 24.5. The van der Waals surface area contributed by atoms with Crippen molar-refractivity contribution in [3.05, 3.63) is 80.7 Å². The Kier molecular flexibility index (Phi) is 14.4. The van der Waals surface area contributed by atoms with Crippen molar-refractivity contribution >= 4 is 71.0 Å². The number of ether oxygens (including phenoxy) is 1. The van der Waals surface area contributed by atoms with E-state index in [9.17, 15) is 0 Å². The lowest BCUT2D eigenvalue weighted by Crippen LogP contribution is -1.92. The van der Waals surface area contributed by atoms with E-state index in [0.29, 0.717) is 22.4 Å². The van der Waals surface area contributed by atoms with Crippen LogP contribution in [0.5, 0.6) is 11.5 Å². The van der Waals surface area contributed by atoms with Gasteiger partial charge in [0.25, 0.3) is 0 Å². The number of allylic oxidation sites excluding steroid dienone is 1. The Labute approximate surface area is 183 Å². The number of hydrogen-bond donors (Lipinski definition) is 1. The predicted molar refractivity (Wildman–Crippen MR) is 120 cm³/mol. The van der Waals surface area contributed by atoms with Gasteiger partial charge in [-0.25, -0.2) is 0 Å². The molecule has 25 heavy (non-hydrogen) atoms. The fourth-order valence-corrected chi connectivity index (χ4v) is 2.62. The summed E-state index contributed by atoms with van der Waals surface area (Å²) in [6.07, 6.45) is 3.47. The molecule has 0 amide bonds. The molecule has 2 nitrogen and oxygen atoms in total. The zero-order valence-corrected chi connectivity index (χ0v) is 19.5. The molecule has 0 aliphatic rings. The topological polar surface area (TPSA) is 29.5 Å². The quantitative estimate of drug-likeness (QED) is 0.295. The molecule has 0 unspecified atom stereocenters. The van der Waals surface area contributed by atoms with Gasteiger partial charge in [0.05, 0.1) is 10.0 Å². The van der Waals surface area contributed by atoms with Gasteiger partial charge in [-0.15, -0.1) is 6.58 Å². The highest BCUT2D eigenvalue weighted by molar-refractivity contribution is 9.10. The maximum absolute atomic E-state index is 8.89. The summed E-state index contributed by atoms with van der Waals surface area (Å²) in [5.41, 5.74) is 0. The molecular formula is C18H17Br3Cl2O2. The van der Waals surface area contributed by atoms with Crippen molar-refractivity contribution in [3.63, 3.8) is 0 Å². The molecule has 0 spiro atoms. The van der Waals surface area contributed by atoms with Crippen LogP contribution in [0.25, 0.3) is 0 Å². The summed E-state index contributed by atoms with van der Waals surface area (Å²) in [5, 5.41) is 10.8. The molecule has 2 aromatic carbocycles.